The summed E-state index contributed by atoms with van der Waals surface area (Å²) in [6, 6.07) is 12.3. The molecule has 1 nitrogen and oxygen atoms in total. The second-order valence-electron chi connectivity index (χ2n) is 3.03. The third-order valence-electron chi connectivity index (χ3n) is 2.11. The number of halogens is 1. The van der Waals surface area contributed by atoms with Gasteiger partial charge in [0.05, 0.1) is 0 Å². The summed E-state index contributed by atoms with van der Waals surface area (Å²) in [4.78, 5) is 0. The summed E-state index contributed by atoms with van der Waals surface area (Å²) in [5, 5.41) is 3.32. The summed E-state index contributed by atoms with van der Waals surface area (Å²) < 4.78 is 0. The van der Waals surface area contributed by atoms with Crippen LogP contribution in [-0.2, 0) is 5.33 Å². The Bertz CT molecular complexity index is 437. The van der Waals surface area contributed by atoms with Crippen LogP contribution in [0.25, 0.3) is 10.8 Å². The van der Waals surface area contributed by atoms with Gasteiger partial charge >= 0.3 is 0 Å². The Balaban J connectivity index is 2.81. The lowest BCUT2D eigenvalue weighted by Crippen LogP contribution is -1.88. The predicted octanol–water partition coefficient (Wildman–Crippen LogP) is 3.32. The van der Waals surface area contributed by atoms with E-state index in [0.717, 1.165) is 11.0 Å². The van der Waals surface area contributed by atoms with Gasteiger partial charge in [-0.3, -0.25) is 0 Å². The van der Waals surface area contributed by atoms with Crippen molar-refractivity contribution in [3.05, 3.63) is 42.0 Å². The van der Waals surface area contributed by atoms with E-state index in [0.29, 0.717) is 0 Å². The monoisotopic (exact) mass is 235 g/mol. The highest BCUT2D eigenvalue weighted by Gasteiger charge is 1.99. The van der Waals surface area contributed by atoms with Gasteiger partial charge < -0.3 is 5.73 Å². The molecule has 0 fully saturated rings. The number of benzene rings is 2. The molecule has 0 heterocycles. The Hall–Kier alpha value is -1.02. The maximum absolute atomic E-state index is 5.78. The van der Waals surface area contributed by atoms with Crippen LogP contribution in [0.4, 0.5) is 5.69 Å². The minimum Gasteiger partial charge on any atom is -0.399 e. The van der Waals surface area contributed by atoms with Crippen LogP contribution in [-0.4, -0.2) is 0 Å². The standard InChI is InChI=1S/C11H10BrN/c12-7-9-6-10(13)5-8-3-1-2-4-11(8)9/h1-6H,7,13H2. The van der Waals surface area contributed by atoms with Gasteiger partial charge in [0.2, 0.25) is 0 Å². The van der Waals surface area contributed by atoms with Gasteiger partial charge in [0.15, 0.2) is 0 Å². The van der Waals surface area contributed by atoms with Gasteiger partial charge in [0.25, 0.3) is 0 Å². The third kappa shape index (κ3) is 1.54. The Morgan fingerprint density at radius 2 is 1.92 bits per heavy atom. The van der Waals surface area contributed by atoms with E-state index in [1.807, 2.05) is 24.3 Å². The largest absolute Gasteiger partial charge is 0.399 e. The Morgan fingerprint density at radius 3 is 2.69 bits per heavy atom. The highest BCUT2D eigenvalue weighted by atomic mass is 79.9. The van der Waals surface area contributed by atoms with Gasteiger partial charge in [-0.15, -0.1) is 0 Å². The molecular formula is C11H10BrN. The highest BCUT2D eigenvalue weighted by molar-refractivity contribution is 9.08. The maximum atomic E-state index is 5.78. The van der Waals surface area contributed by atoms with Crippen molar-refractivity contribution in [1.82, 2.24) is 0 Å². The van der Waals surface area contributed by atoms with E-state index < -0.39 is 0 Å². The number of nitrogen functional groups attached to an aromatic ring is 1. The lowest BCUT2D eigenvalue weighted by Gasteiger charge is -2.04. The zero-order chi connectivity index (χ0) is 9.26. The second kappa shape index (κ2) is 3.38. The Labute approximate surface area is 85.7 Å². The first-order valence-electron chi connectivity index (χ1n) is 4.14. The van der Waals surface area contributed by atoms with Crippen LogP contribution < -0.4 is 5.73 Å². The van der Waals surface area contributed by atoms with Gasteiger partial charge in [-0.2, -0.15) is 0 Å². The van der Waals surface area contributed by atoms with Crippen molar-refractivity contribution in [2.24, 2.45) is 0 Å². The molecule has 2 rings (SSSR count). The summed E-state index contributed by atoms with van der Waals surface area (Å²) >= 11 is 3.46. The fourth-order valence-corrected chi connectivity index (χ4v) is 1.99. The van der Waals surface area contributed by atoms with Gasteiger partial charge in [-0.05, 0) is 28.5 Å². The number of hydrogen-bond donors (Lipinski definition) is 1. The first-order chi connectivity index (χ1) is 6.31. The van der Waals surface area contributed by atoms with Crippen molar-refractivity contribution >= 4 is 32.4 Å². The summed E-state index contributed by atoms with van der Waals surface area (Å²) in [5.74, 6) is 0. The number of nitrogens with two attached hydrogens (primary N) is 1. The number of fused-ring (bicyclic) bond motifs is 1. The average molecular weight is 236 g/mol. The van der Waals surface area contributed by atoms with E-state index >= 15 is 0 Å². The van der Waals surface area contributed by atoms with Crippen molar-refractivity contribution in [2.75, 3.05) is 5.73 Å². The van der Waals surface area contributed by atoms with Crippen LogP contribution in [0.5, 0.6) is 0 Å². The van der Waals surface area contributed by atoms with Crippen LogP contribution in [0, 0.1) is 0 Å². The molecular weight excluding hydrogens is 226 g/mol. The maximum Gasteiger partial charge on any atom is 0.0323 e. The molecule has 0 aliphatic rings. The lowest BCUT2D eigenvalue weighted by atomic mass is 10.0. The van der Waals surface area contributed by atoms with Gasteiger partial charge in [-0.25, -0.2) is 0 Å². The second-order valence-corrected chi connectivity index (χ2v) is 3.60. The smallest absolute Gasteiger partial charge is 0.0323 e. The first-order valence-corrected chi connectivity index (χ1v) is 5.26. The van der Waals surface area contributed by atoms with E-state index in [4.69, 9.17) is 5.73 Å². The quantitative estimate of drug-likeness (QED) is 0.596. The first kappa shape index (κ1) is 8.57. The van der Waals surface area contributed by atoms with E-state index in [-0.39, 0.29) is 0 Å². The molecule has 0 unspecified atom stereocenters. The van der Waals surface area contributed by atoms with Gasteiger partial charge in [-0.1, -0.05) is 40.2 Å². The molecule has 0 saturated heterocycles. The fraction of sp³-hybridized carbons (Fsp3) is 0.0909. The molecule has 0 aromatic heterocycles. The van der Waals surface area contributed by atoms with Crippen molar-refractivity contribution in [2.45, 2.75) is 5.33 Å². The molecule has 0 saturated carbocycles. The molecule has 0 aliphatic heterocycles. The van der Waals surface area contributed by atoms with E-state index in [1.54, 1.807) is 0 Å². The van der Waals surface area contributed by atoms with Crippen LogP contribution in [0.1, 0.15) is 5.56 Å². The number of alkyl halides is 1. The lowest BCUT2D eigenvalue weighted by molar-refractivity contribution is 1.49. The number of hydrogen-bond acceptors (Lipinski definition) is 1. The molecule has 0 aliphatic carbocycles. The molecule has 0 atom stereocenters. The van der Waals surface area contributed by atoms with Crippen molar-refractivity contribution in [3.8, 4) is 0 Å². The van der Waals surface area contributed by atoms with Gasteiger partial charge in [0.1, 0.15) is 0 Å². The Morgan fingerprint density at radius 1 is 1.15 bits per heavy atom. The minimum atomic E-state index is 0.827. The summed E-state index contributed by atoms with van der Waals surface area (Å²) in [7, 11) is 0. The summed E-state index contributed by atoms with van der Waals surface area (Å²) in [5.41, 5.74) is 7.85. The van der Waals surface area contributed by atoms with Crippen molar-refractivity contribution < 1.29 is 0 Å². The zero-order valence-electron chi connectivity index (χ0n) is 7.13. The van der Waals surface area contributed by atoms with E-state index in [9.17, 15) is 0 Å². The van der Waals surface area contributed by atoms with Crippen LogP contribution in [0.2, 0.25) is 0 Å². The molecule has 0 radical (unpaired) electrons. The predicted molar refractivity (Wildman–Crippen MR) is 61.0 cm³/mol. The van der Waals surface area contributed by atoms with Crippen LogP contribution in [0.3, 0.4) is 0 Å². The van der Waals surface area contributed by atoms with E-state index in [1.165, 1.54) is 16.3 Å². The zero-order valence-corrected chi connectivity index (χ0v) is 8.71. The normalized spacial score (nSPS) is 10.5. The van der Waals surface area contributed by atoms with Crippen molar-refractivity contribution in [3.63, 3.8) is 0 Å². The van der Waals surface area contributed by atoms with Crippen LogP contribution >= 0.6 is 15.9 Å². The van der Waals surface area contributed by atoms with Gasteiger partial charge in [0, 0.05) is 11.0 Å². The topological polar surface area (TPSA) is 26.0 Å². The molecule has 2 aromatic rings. The fourth-order valence-electron chi connectivity index (χ4n) is 1.53. The minimum absolute atomic E-state index is 0.827. The number of rotatable bonds is 1. The van der Waals surface area contributed by atoms with Crippen molar-refractivity contribution in [1.29, 1.82) is 0 Å². The highest BCUT2D eigenvalue weighted by Crippen LogP contribution is 2.23. The van der Waals surface area contributed by atoms with Crippen LogP contribution in [0.15, 0.2) is 36.4 Å². The average Bonchev–Trinajstić information content (AvgIpc) is 2.16. The number of anilines is 1. The third-order valence-corrected chi connectivity index (χ3v) is 2.72. The molecule has 0 spiro atoms. The molecule has 2 heteroatoms. The SMILES string of the molecule is Nc1cc(CBr)c2ccccc2c1. The Kier molecular flexibility index (Phi) is 2.23. The molecule has 2 N–H and O–H groups in total. The molecule has 66 valence electrons. The molecule has 13 heavy (non-hydrogen) atoms. The summed E-state index contributed by atoms with van der Waals surface area (Å²) in [6.07, 6.45) is 0. The molecule has 0 bridgehead atoms. The molecule has 0 amide bonds. The van der Waals surface area contributed by atoms with E-state index in [2.05, 4.69) is 28.1 Å². The molecule has 2 aromatic carbocycles. The summed E-state index contributed by atoms with van der Waals surface area (Å²) in [6.45, 7) is 0.